The fourth-order valence-electron chi connectivity index (χ4n) is 10.6. The maximum atomic E-state index is 6.25. The van der Waals surface area contributed by atoms with Crippen LogP contribution < -0.4 is 0 Å². The molecule has 0 saturated carbocycles. The van der Waals surface area contributed by atoms with Gasteiger partial charge >= 0.3 is 0 Å². The SMILES string of the molecule is c1ccc(-c2cc(-c3ccc4ccccc4c3-c3ccc(-c4nc5ccccc5c5c6ccccc6n(-c6ccccc6)c45)cc3)nc(-c3ccc(-c4cccc5oc6ccccc6c45)cc3)n2)cc1. The monoisotopic (exact) mass is 892 g/mol. The molecule has 0 aliphatic heterocycles. The molecule has 326 valence electrons. The van der Waals surface area contributed by atoms with Crippen LogP contribution in [0.1, 0.15) is 0 Å². The maximum Gasteiger partial charge on any atom is 0.160 e. The molecular weight excluding hydrogens is 853 g/mol. The van der Waals surface area contributed by atoms with Gasteiger partial charge in [-0.05, 0) is 75.5 Å². The minimum absolute atomic E-state index is 0.657. The highest BCUT2D eigenvalue weighted by atomic mass is 16.3. The van der Waals surface area contributed by atoms with Crippen molar-refractivity contribution in [1.82, 2.24) is 19.5 Å². The summed E-state index contributed by atoms with van der Waals surface area (Å²) < 4.78 is 8.63. The molecule has 0 unspecified atom stereocenters. The Hall–Kier alpha value is -9.45. The first-order valence-electron chi connectivity index (χ1n) is 23.7. The van der Waals surface area contributed by atoms with Crippen molar-refractivity contribution in [3.05, 3.63) is 243 Å². The van der Waals surface area contributed by atoms with Gasteiger partial charge in [0.1, 0.15) is 11.2 Å². The summed E-state index contributed by atoms with van der Waals surface area (Å²) in [7, 11) is 0. The lowest BCUT2D eigenvalue weighted by Gasteiger charge is -2.16. The van der Waals surface area contributed by atoms with E-state index in [4.69, 9.17) is 19.4 Å². The Balaban J connectivity index is 0.931. The molecule has 0 spiro atoms. The van der Waals surface area contributed by atoms with Gasteiger partial charge in [-0.3, -0.25) is 0 Å². The first-order chi connectivity index (χ1) is 34.7. The van der Waals surface area contributed by atoms with E-state index in [1.54, 1.807) is 0 Å². The van der Waals surface area contributed by atoms with Gasteiger partial charge in [-0.25, -0.2) is 15.0 Å². The predicted octanol–water partition coefficient (Wildman–Crippen LogP) is 17.2. The largest absolute Gasteiger partial charge is 0.456 e. The molecule has 4 aromatic heterocycles. The third-order valence-corrected chi connectivity index (χ3v) is 13.8. The van der Waals surface area contributed by atoms with E-state index < -0.39 is 0 Å². The van der Waals surface area contributed by atoms with Crippen LogP contribution >= 0.6 is 0 Å². The van der Waals surface area contributed by atoms with Gasteiger partial charge in [0, 0.05) is 54.9 Å². The van der Waals surface area contributed by atoms with Crippen molar-refractivity contribution in [3.63, 3.8) is 0 Å². The van der Waals surface area contributed by atoms with Crippen LogP contribution in [-0.4, -0.2) is 19.5 Å². The summed E-state index contributed by atoms with van der Waals surface area (Å²) in [4.78, 5) is 16.1. The molecular formula is C65H40N4O. The molecule has 5 heteroatoms. The number of furan rings is 1. The summed E-state index contributed by atoms with van der Waals surface area (Å²) in [6.45, 7) is 0. The zero-order valence-electron chi connectivity index (χ0n) is 37.8. The molecule has 0 amide bonds. The molecule has 0 aliphatic rings. The number of fused-ring (bicyclic) bond motifs is 9. The average Bonchev–Trinajstić information content (AvgIpc) is 4.00. The topological polar surface area (TPSA) is 56.7 Å². The third kappa shape index (κ3) is 6.44. The second-order valence-corrected chi connectivity index (χ2v) is 17.9. The summed E-state index contributed by atoms with van der Waals surface area (Å²) in [6, 6.07) is 85.5. The van der Waals surface area contributed by atoms with Crippen LogP contribution in [0.5, 0.6) is 0 Å². The van der Waals surface area contributed by atoms with Gasteiger partial charge in [0.2, 0.25) is 0 Å². The molecule has 0 atom stereocenters. The van der Waals surface area contributed by atoms with Crippen molar-refractivity contribution in [1.29, 1.82) is 0 Å². The van der Waals surface area contributed by atoms with Crippen molar-refractivity contribution in [2.75, 3.05) is 0 Å². The van der Waals surface area contributed by atoms with E-state index in [0.717, 1.165) is 122 Å². The van der Waals surface area contributed by atoms with Crippen molar-refractivity contribution >= 4 is 65.4 Å². The van der Waals surface area contributed by atoms with Crippen LogP contribution in [0.4, 0.5) is 0 Å². The number of pyridine rings is 1. The highest BCUT2D eigenvalue weighted by molar-refractivity contribution is 6.23. The van der Waals surface area contributed by atoms with Crippen LogP contribution in [0.3, 0.4) is 0 Å². The van der Waals surface area contributed by atoms with Gasteiger partial charge in [0.05, 0.1) is 33.6 Å². The van der Waals surface area contributed by atoms with Crippen LogP contribution in [-0.2, 0) is 0 Å². The molecule has 4 heterocycles. The van der Waals surface area contributed by atoms with Crippen molar-refractivity contribution in [2.24, 2.45) is 0 Å². The molecule has 0 radical (unpaired) electrons. The Morgan fingerprint density at radius 2 is 0.986 bits per heavy atom. The van der Waals surface area contributed by atoms with E-state index in [0.29, 0.717) is 5.82 Å². The van der Waals surface area contributed by atoms with E-state index in [2.05, 4.69) is 223 Å². The highest BCUT2D eigenvalue weighted by Crippen LogP contribution is 2.44. The number of nitrogens with zero attached hydrogens (tertiary/aromatic N) is 4. The minimum Gasteiger partial charge on any atom is -0.456 e. The average molecular weight is 893 g/mol. The van der Waals surface area contributed by atoms with Crippen LogP contribution in [0.2, 0.25) is 0 Å². The van der Waals surface area contributed by atoms with Crippen molar-refractivity contribution in [3.8, 4) is 73.1 Å². The predicted molar refractivity (Wildman–Crippen MR) is 289 cm³/mol. The number of benzene rings is 10. The van der Waals surface area contributed by atoms with E-state index >= 15 is 0 Å². The quantitative estimate of drug-likeness (QED) is 0.160. The summed E-state index contributed by atoms with van der Waals surface area (Å²) in [5.74, 6) is 0.657. The van der Waals surface area contributed by atoms with Crippen molar-refractivity contribution < 1.29 is 4.42 Å². The molecule has 14 aromatic rings. The molecule has 0 N–H and O–H groups in total. The maximum absolute atomic E-state index is 6.25. The molecule has 14 rings (SSSR count). The molecule has 5 nitrogen and oxygen atoms in total. The second-order valence-electron chi connectivity index (χ2n) is 17.9. The normalized spacial score (nSPS) is 11.7. The number of para-hydroxylation sites is 4. The summed E-state index contributed by atoms with van der Waals surface area (Å²) >= 11 is 0. The Kier molecular flexibility index (Phi) is 9.14. The molecule has 0 fully saturated rings. The van der Waals surface area contributed by atoms with Gasteiger partial charge in [-0.15, -0.1) is 0 Å². The Bertz CT molecular complexity index is 4330. The van der Waals surface area contributed by atoms with Gasteiger partial charge in [0.25, 0.3) is 0 Å². The number of aromatic nitrogens is 4. The first kappa shape index (κ1) is 39.7. The zero-order valence-corrected chi connectivity index (χ0v) is 37.8. The molecule has 0 aliphatic carbocycles. The van der Waals surface area contributed by atoms with Gasteiger partial charge < -0.3 is 8.98 Å². The Morgan fingerprint density at radius 3 is 1.81 bits per heavy atom. The molecule has 70 heavy (non-hydrogen) atoms. The second kappa shape index (κ2) is 16.1. The first-order valence-corrected chi connectivity index (χ1v) is 23.7. The van der Waals surface area contributed by atoms with Crippen molar-refractivity contribution in [2.45, 2.75) is 0 Å². The standard InChI is InChI=1S/C65H40N4O/c1-3-17-43(18-4-1)55-40-56(68-65(67-55)46-36-30-42(31-37-46)49-25-15-29-59-61(49)53-24-11-14-28-58(53)70-59)51-39-38-41-16-7-8-21-48(41)60(51)44-32-34-45(35-33-44)63-64-62(50-22-9-12-26-54(50)66-63)52-23-10-13-27-57(52)69(64)47-19-5-2-6-20-47/h1-40H. The van der Waals surface area contributed by atoms with Crippen LogP contribution in [0.15, 0.2) is 247 Å². The zero-order chi connectivity index (χ0) is 46.1. The van der Waals surface area contributed by atoms with E-state index in [1.165, 1.54) is 10.8 Å². The molecule has 0 bridgehead atoms. The minimum atomic E-state index is 0.657. The van der Waals surface area contributed by atoms with Crippen LogP contribution in [0.25, 0.3) is 139 Å². The lowest BCUT2D eigenvalue weighted by Crippen LogP contribution is -1.98. The summed E-state index contributed by atoms with van der Waals surface area (Å²) in [5.41, 5.74) is 17.1. The number of hydrogen-bond donors (Lipinski definition) is 0. The van der Waals surface area contributed by atoms with E-state index in [1.807, 2.05) is 24.3 Å². The fourth-order valence-corrected chi connectivity index (χ4v) is 10.6. The highest BCUT2D eigenvalue weighted by Gasteiger charge is 2.22. The Morgan fingerprint density at radius 1 is 0.357 bits per heavy atom. The number of rotatable bonds is 7. The van der Waals surface area contributed by atoms with Gasteiger partial charge in [-0.1, -0.05) is 200 Å². The fraction of sp³-hybridized carbons (Fsp3) is 0. The van der Waals surface area contributed by atoms with E-state index in [-0.39, 0.29) is 0 Å². The van der Waals surface area contributed by atoms with E-state index in [9.17, 15) is 0 Å². The Labute approximate surface area is 403 Å². The summed E-state index contributed by atoms with van der Waals surface area (Å²) in [6.07, 6.45) is 0. The lowest BCUT2D eigenvalue weighted by atomic mass is 9.90. The molecule has 0 saturated heterocycles. The summed E-state index contributed by atoms with van der Waals surface area (Å²) in [5, 5.41) is 8.07. The molecule has 10 aromatic carbocycles. The van der Waals surface area contributed by atoms with Gasteiger partial charge in [-0.2, -0.15) is 0 Å². The lowest BCUT2D eigenvalue weighted by molar-refractivity contribution is 0.669. The van der Waals surface area contributed by atoms with Gasteiger partial charge in [0.15, 0.2) is 5.82 Å². The van der Waals surface area contributed by atoms with Crippen LogP contribution in [0, 0.1) is 0 Å². The third-order valence-electron chi connectivity index (χ3n) is 13.8. The number of hydrogen-bond acceptors (Lipinski definition) is 4. The smallest absolute Gasteiger partial charge is 0.160 e.